The molecule has 1 saturated carbocycles. The van der Waals surface area contributed by atoms with Gasteiger partial charge in [0.05, 0.1) is 0 Å². The van der Waals surface area contributed by atoms with Crippen LogP contribution in [0.1, 0.15) is 62.6 Å². The van der Waals surface area contributed by atoms with Gasteiger partial charge < -0.3 is 10.2 Å². The van der Waals surface area contributed by atoms with Crippen LogP contribution in [-0.2, 0) is 7.05 Å². The highest BCUT2D eigenvalue weighted by Crippen LogP contribution is 2.29. The van der Waals surface area contributed by atoms with E-state index in [1.165, 1.54) is 11.6 Å². The standard InChI is InChI=1S/C19H29N7O3/c1-4-25(5-2)12-8-11-20-17(27)15-21-14-16(23-22-15)26(13-9-6-7-10-13)19(29)24(3)18(14)28/h13H,4-12H2,1-3H3,(H,20,27). The Labute approximate surface area is 168 Å². The van der Waals surface area contributed by atoms with Crippen molar-refractivity contribution in [2.75, 3.05) is 26.2 Å². The molecule has 1 fully saturated rings. The smallest absolute Gasteiger partial charge is 0.332 e. The average Bonchev–Trinajstić information content (AvgIpc) is 3.26. The molecule has 0 unspecified atom stereocenters. The molecule has 158 valence electrons. The number of nitrogens with zero attached hydrogens (tertiary/aromatic N) is 6. The molecule has 2 aromatic heterocycles. The van der Waals surface area contributed by atoms with Gasteiger partial charge in [-0.3, -0.25) is 18.7 Å². The number of hydrogen-bond acceptors (Lipinski definition) is 7. The van der Waals surface area contributed by atoms with E-state index in [4.69, 9.17) is 0 Å². The molecule has 0 bridgehead atoms. The van der Waals surface area contributed by atoms with E-state index in [-0.39, 0.29) is 23.0 Å². The van der Waals surface area contributed by atoms with Crippen molar-refractivity contribution in [3.63, 3.8) is 0 Å². The molecule has 0 atom stereocenters. The van der Waals surface area contributed by atoms with Crippen LogP contribution in [0.2, 0.25) is 0 Å². The molecule has 0 saturated heterocycles. The third-order valence-electron chi connectivity index (χ3n) is 5.62. The molecule has 3 rings (SSSR count). The molecular weight excluding hydrogens is 374 g/mol. The number of nitrogens with one attached hydrogen (secondary N) is 1. The van der Waals surface area contributed by atoms with Gasteiger partial charge in [-0.2, -0.15) is 0 Å². The average molecular weight is 403 g/mol. The highest BCUT2D eigenvalue weighted by Gasteiger charge is 2.25. The SMILES string of the molecule is CCN(CC)CCCNC(=O)c1nnc2c(n1)c(=O)n(C)c(=O)n2C1CCCC1. The van der Waals surface area contributed by atoms with Gasteiger partial charge in [0.15, 0.2) is 11.2 Å². The summed E-state index contributed by atoms with van der Waals surface area (Å²) in [4.78, 5) is 44.1. The first kappa shape index (κ1) is 21.1. The molecule has 1 amide bonds. The largest absolute Gasteiger partial charge is 0.349 e. The van der Waals surface area contributed by atoms with Crippen LogP contribution in [0.4, 0.5) is 0 Å². The maximum absolute atomic E-state index is 12.6. The van der Waals surface area contributed by atoms with E-state index >= 15 is 0 Å². The second-order valence-electron chi connectivity index (χ2n) is 7.40. The van der Waals surface area contributed by atoms with Crippen molar-refractivity contribution in [1.29, 1.82) is 0 Å². The minimum absolute atomic E-state index is 0.00212. The first-order valence-corrected chi connectivity index (χ1v) is 10.3. The van der Waals surface area contributed by atoms with Crippen LogP contribution < -0.4 is 16.6 Å². The normalized spacial score (nSPS) is 14.8. The van der Waals surface area contributed by atoms with Crippen molar-refractivity contribution in [1.82, 2.24) is 34.5 Å². The zero-order chi connectivity index (χ0) is 21.0. The van der Waals surface area contributed by atoms with Gasteiger partial charge in [-0.05, 0) is 38.9 Å². The molecule has 10 nitrogen and oxygen atoms in total. The van der Waals surface area contributed by atoms with Crippen molar-refractivity contribution in [3.05, 3.63) is 26.7 Å². The van der Waals surface area contributed by atoms with Gasteiger partial charge in [0.2, 0.25) is 5.82 Å². The molecule has 2 heterocycles. The number of amides is 1. The van der Waals surface area contributed by atoms with Crippen LogP contribution in [-0.4, -0.2) is 61.3 Å². The number of aromatic nitrogens is 5. The van der Waals surface area contributed by atoms with Crippen molar-refractivity contribution in [2.24, 2.45) is 7.05 Å². The third kappa shape index (κ3) is 4.36. The van der Waals surface area contributed by atoms with Crippen LogP contribution in [0.25, 0.3) is 11.2 Å². The Hall–Kier alpha value is -2.62. The summed E-state index contributed by atoms with van der Waals surface area (Å²) < 4.78 is 2.54. The summed E-state index contributed by atoms with van der Waals surface area (Å²) in [6, 6.07) is -0.0207. The summed E-state index contributed by atoms with van der Waals surface area (Å²) in [6.07, 6.45) is 4.55. The van der Waals surface area contributed by atoms with E-state index in [0.29, 0.717) is 6.54 Å². The predicted octanol–water partition coefficient (Wildman–Crippen LogP) is 0.462. The monoisotopic (exact) mass is 403 g/mol. The predicted molar refractivity (Wildman–Crippen MR) is 109 cm³/mol. The van der Waals surface area contributed by atoms with E-state index in [2.05, 4.69) is 39.2 Å². The highest BCUT2D eigenvalue weighted by atomic mass is 16.2. The van der Waals surface area contributed by atoms with Crippen LogP contribution in [0.5, 0.6) is 0 Å². The first-order valence-electron chi connectivity index (χ1n) is 10.3. The summed E-state index contributed by atoms with van der Waals surface area (Å²) >= 11 is 0. The highest BCUT2D eigenvalue weighted by molar-refractivity contribution is 5.91. The van der Waals surface area contributed by atoms with Crippen LogP contribution in [0.3, 0.4) is 0 Å². The molecule has 1 aliphatic rings. The zero-order valence-electron chi connectivity index (χ0n) is 17.3. The number of carbonyl (C=O) groups excluding carboxylic acids is 1. The van der Waals surface area contributed by atoms with Crippen LogP contribution in [0, 0.1) is 0 Å². The van der Waals surface area contributed by atoms with E-state index in [9.17, 15) is 14.4 Å². The van der Waals surface area contributed by atoms with Gasteiger partial charge in [-0.15, -0.1) is 10.2 Å². The van der Waals surface area contributed by atoms with E-state index in [1.54, 1.807) is 0 Å². The number of fused-ring (bicyclic) bond motifs is 1. The lowest BCUT2D eigenvalue weighted by Gasteiger charge is -2.17. The zero-order valence-corrected chi connectivity index (χ0v) is 17.3. The maximum Gasteiger partial charge on any atom is 0.332 e. The van der Waals surface area contributed by atoms with E-state index < -0.39 is 17.2 Å². The summed E-state index contributed by atoms with van der Waals surface area (Å²) in [5.41, 5.74) is -0.825. The van der Waals surface area contributed by atoms with Crippen molar-refractivity contribution in [3.8, 4) is 0 Å². The Bertz CT molecular complexity index is 988. The van der Waals surface area contributed by atoms with Gasteiger partial charge in [0, 0.05) is 19.6 Å². The minimum Gasteiger partial charge on any atom is -0.349 e. The van der Waals surface area contributed by atoms with Gasteiger partial charge in [-0.25, -0.2) is 9.78 Å². The Balaban J connectivity index is 1.83. The summed E-state index contributed by atoms with van der Waals surface area (Å²) in [7, 11) is 1.42. The quantitative estimate of drug-likeness (QED) is 0.637. The van der Waals surface area contributed by atoms with Crippen LogP contribution >= 0.6 is 0 Å². The van der Waals surface area contributed by atoms with Gasteiger partial charge in [0.25, 0.3) is 11.5 Å². The second kappa shape index (κ2) is 9.25. The van der Waals surface area contributed by atoms with E-state index in [1.807, 2.05) is 0 Å². The maximum atomic E-state index is 12.6. The molecular formula is C19H29N7O3. The second-order valence-corrected chi connectivity index (χ2v) is 7.40. The summed E-state index contributed by atoms with van der Waals surface area (Å²) in [5.74, 6) is -0.631. The molecule has 10 heteroatoms. The minimum atomic E-state index is -0.565. The fourth-order valence-electron chi connectivity index (χ4n) is 3.84. The lowest BCUT2D eigenvalue weighted by atomic mass is 10.2. The molecule has 0 aromatic carbocycles. The molecule has 1 N–H and O–H groups in total. The molecule has 0 aliphatic heterocycles. The lowest BCUT2D eigenvalue weighted by molar-refractivity contribution is 0.0940. The summed E-state index contributed by atoms with van der Waals surface area (Å²) in [6.45, 7) is 7.50. The Morgan fingerprint density at radius 1 is 1.17 bits per heavy atom. The fraction of sp³-hybridized carbons (Fsp3) is 0.684. The summed E-state index contributed by atoms with van der Waals surface area (Å²) in [5, 5.41) is 10.7. The van der Waals surface area contributed by atoms with Crippen molar-refractivity contribution < 1.29 is 4.79 Å². The van der Waals surface area contributed by atoms with E-state index in [0.717, 1.165) is 56.3 Å². The fourth-order valence-corrected chi connectivity index (χ4v) is 3.84. The Morgan fingerprint density at radius 2 is 1.86 bits per heavy atom. The van der Waals surface area contributed by atoms with Gasteiger partial charge >= 0.3 is 5.69 Å². The first-order chi connectivity index (χ1) is 14.0. The number of rotatable bonds is 8. The van der Waals surface area contributed by atoms with Crippen molar-refractivity contribution >= 4 is 17.1 Å². The Morgan fingerprint density at radius 3 is 2.52 bits per heavy atom. The molecule has 0 radical (unpaired) electrons. The van der Waals surface area contributed by atoms with Crippen LogP contribution in [0.15, 0.2) is 9.59 Å². The molecule has 1 aliphatic carbocycles. The number of carbonyl (C=O) groups is 1. The molecule has 2 aromatic rings. The molecule has 29 heavy (non-hydrogen) atoms. The molecule has 0 spiro atoms. The third-order valence-corrected chi connectivity index (χ3v) is 5.62. The van der Waals surface area contributed by atoms with Crippen molar-refractivity contribution in [2.45, 2.75) is 52.0 Å². The lowest BCUT2D eigenvalue weighted by Crippen LogP contribution is -2.40. The topological polar surface area (TPSA) is 115 Å². The van der Waals surface area contributed by atoms with Gasteiger partial charge in [-0.1, -0.05) is 26.7 Å². The number of hydrogen-bond donors (Lipinski definition) is 1. The van der Waals surface area contributed by atoms with Gasteiger partial charge in [0.1, 0.15) is 0 Å². The Kier molecular flexibility index (Phi) is 6.73.